The summed E-state index contributed by atoms with van der Waals surface area (Å²) < 4.78 is 10.8. The minimum atomic E-state index is -0.104. The summed E-state index contributed by atoms with van der Waals surface area (Å²) in [5, 5.41) is 0. The number of ether oxygens (including phenoxy) is 2. The minimum absolute atomic E-state index is 0.104. The molecule has 1 fully saturated rings. The van der Waals surface area contributed by atoms with E-state index in [2.05, 4.69) is 0 Å². The molecule has 0 aliphatic heterocycles. The van der Waals surface area contributed by atoms with Crippen molar-refractivity contribution in [3.05, 3.63) is 53.6 Å². The minimum Gasteiger partial charge on any atom is -0.497 e. The average Bonchev–Trinajstić information content (AvgIpc) is 3.31. The Balaban J connectivity index is 1.80. The van der Waals surface area contributed by atoms with Gasteiger partial charge in [0.15, 0.2) is 5.78 Å². The van der Waals surface area contributed by atoms with E-state index in [0.717, 1.165) is 18.6 Å². The molecule has 0 unspecified atom stereocenters. The number of nitrogens with two attached hydrogens (primary N) is 1. The lowest BCUT2D eigenvalue weighted by molar-refractivity contribution is 0.103. The van der Waals surface area contributed by atoms with Crippen molar-refractivity contribution in [3.63, 3.8) is 0 Å². The first-order valence-electron chi connectivity index (χ1n) is 6.92. The van der Waals surface area contributed by atoms with Gasteiger partial charge in [-0.2, -0.15) is 0 Å². The summed E-state index contributed by atoms with van der Waals surface area (Å²) in [5.74, 6) is 1.34. The zero-order chi connectivity index (χ0) is 14.8. The maximum atomic E-state index is 12.5. The first-order chi connectivity index (χ1) is 10.2. The molecule has 0 amide bonds. The number of hydrogen-bond donors (Lipinski definition) is 1. The molecule has 2 aromatic rings. The zero-order valence-electron chi connectivity index (χ0n) is 11.8. The van der Waals surface area contributed by atoms with Crippen LogP contribution in [-0.2, 0) is 0 Å². The molecule has 2 N–H and O–H groups in total. The Morgan fingerprint density at radius 1 is 1.10 bits per heavy atom. The molecule has 1 aliphatic carbocycles. The summed E-state index contributed by atoms with van der Waals surface area (Å²) in [4.78, 5) is 12.5. The molecule has 0 heterocycles. The third-order valence-electron chi connectivity index (χ3n) is 3.45. The fourth-order valence-electron chi connectivity index (χ4n) is 2.09. The van der Waals surface area contributed by atoms with Crippen LogP contribution < -0.4 is 15.2 Å². The van der Waals surface area contributed by atoms with Crippen LogP contribution in [0.15, 0.2) is 42.5 Å². The predicted octanol–water partition coefficient (Wildman–Crippen LogP) is 3.05. The Morgan fingerprint density at radius 3 is 2.33 bits per heavy atom. The van der Waals surface area contributed by atoms with Gasteiger partial charge in [0.2, 0.25) is 0 Å². The van der Waals surface area contributed by atoms with Crippen LogP contribution in [0.1, 0.15) is 28.8 Å². The van der Waals surface area contributed by atoms with Gasteiger partial charge in [-0.1, -0.05) is 0 Å². The molecule has 0 atom stereocenters. The van der Waals surface area contributed by atoms with Crippen LogP contribution >= 0.6 is 0 Å². The van der Waals surface area contributed by atoms with E-state index in [1.807, 2.05) is 12.1 Å². The van der Waals surface area contributed by atoms with Gasteiger partial charge in [-0.05, 0) is 49.2 Å². The van der Waals surface area contributed by atoms with Crippen LogP contribution in [-0.4, -0.2) is 19.0 Å². The van der Waals surface area contributed by atoms with Crippen molar-refractivity contribution in [3.8, 4) is 11.5 Å². The fraction of sp³-hybridized carbons (Fsp3) is 0.235. The summed E-state index contributed by atoms with van der Waals surface area (Å²) in [7, 11) is 1.56. The number of benzene rings is 2. The molecule has 1 aliphatic rings. The molecule has 4 nitrogen and oxygen atoms in total. The Kier molecular flexibility index (Phi) is 3.52. The van der Waals surface area contributed by atoms with Gasteiger partial charge in [0.25, 0.3) is 0 Å². The van der Waals surface area contributed by atoms with Crippen molar-refractivity contribution < 1.29 is 14.3 Å². The van der Waals surface area contributed by atoms with Crippen LogP contribution in [0, 0.1) is 0 Å². The number of ketones is 1. The molecule has 108 valence electrons. The molecular formula is C17H17NO3. The van der Waals surface area contributed by atoms with Gasteiger partial charge >= 0.3 is 0 Å². The zero-order valence-corrected chi connectivity index (χ0v) is 11.8. The molecule has 3 rings (SSSR count). The second kappa shape index (κ2) is 5.48. The SMILES string of the molecule is COc1ccc(C(=O)c2ccc(OC3CC3)cc2)c(N)c1. The molecule has 21 heavy (non-hydrogen) atoms. The lowest BCUT2D eigenvalue weighted by Crippen LogP contribution is -2.06. The van der Waals surface area contributed by atoms with E-state index in [-0.39, 0.29) is 5.78 Å². The lowest BCUT2D eigenvalue weighted by Gasteiger charge is -2.08. The number of methoxy groups -OCH3 is 1. The Morgan fingerprint density at radius 2 is 1.76 bits per heavy atom. The Bertz CT molecular complexity index is 660. The number of nitrogen functional groups attached to an aromatic ring is 1. The second-order valence-electron chi connectivity index (χ2n) is 5.12. The molecule has 0 spiro atoms. The number of rotatable bonds is 5. The van der Waals surface area contributed by atoms with E-state index >= 15 is 0 Å². The van der Waals surface area contributed by atoms with Gasteiger partial charge in [-0.25, -0.2) is 0 Å². The van der Waals surface area contributed by atoms with Crippen molar-refractivity contribution in [1.82, 2.24) is 0 Å². The largest absolute Gasteiger partial charge is 0.497 e. The smallest absolute Gasteiger partial charge is 0.195 e. The highest BCUT2D eigenvalue weighted by atomic mass is 16.5. The molecule has 1 saturated carbocycles. The second-order valence-corrected chi connectivity index (χ2v) is 5.12. The van der Waals surface area contributed by atoms with Crippen molar-refractivity contribution in [2.75, 3.05) is 12.8 Å². The Hall–Kier alpha value is -2.49. The monoisotopic (exact) mass is 283 g/mol. The van der Waals surface area contributed by atoms with E-state index in [1.54, 1.807) is 37.4 Å². The van der Waals surface area contributed by atoms with Crippen LogP contribution in [0.4, 0.5) is 5.69 Å². The van der Waals surface area contributed by atoms with Crippen molar-refractivity contribution >= 4 is 11.5 Å². The van der Waals surface area contributed by atoms with Gasteiger partial charge in [0.05, 0.1) is 13.2 Å². The van der Waals surface area contributed by atoms with Gasteiger partial charge < -0.3 is 15.2 Å². The molecule has 0 radical (unpaired) electrons. The van der Waals surface area contributed by atoms with E-state index in [0.29, 0.717) is 28.7 Å². The molecule has 0 bridgehead atoms. The quantitative estimate of drug-likeness (QED) is 0.676. The normalized spacial score (nSPS) is 13.8. The molecule has 0 aromatic heterocycles. The highest BCUT2D eigenvalue weighted by molar-refractivity contribution is 6.12. The number of carbonyl (C=O) groups excluding carboxylic acids is 1. The van der Waals surface area contributed by atoms with Gasteiger partial charge in [0, 0.05) is 22.9 Å². The summed E-state index contributed by atoms with van der Waals surface area (Å²) in [6, 6.07) is 12.3. The predicted molar refractivity (Wildman–Crippen MR) is 80.9 cm³/mol. The van der Waals surface area contributed by atoms with Crippen LogP contribution in [0.5, 0.6) is 11.5 Å². The number of hydrogen-bond acceptors (Lipinski definition) is 4. The highest BCUT2D eigenvalue weighted by Crippen LogP contribution is 2.27. The van der Waals surface area contributed by atoms with Gasteiger partial charge in [-0.15, -0.1) is 0 Å². The number of anilines is 1. The third-order valence-corrected chi connectivity index (χ3v) is 3.45. The molecular weight excluding hydrogens is 266 g/mol. The summed E-state index contributed by atoms with van der Waals surface area (Å²) in [6.45, 7) is 0. The van der Waals surface area contributed by atoms with E-state index in [1.165, 1.54) is 0 Å². The van der Waals surface area contributed by atoms with Crippen molar-refractivity contribution in [2.45, 2.75) is 18.9 Å². The third kappa shape index (κ3) is 2.99. The molecule has 2 aromatic carbocycles. The van der Waals surface area contributed by atoms with Crippen molar-refractivity contribution in [2.24, 2.45) is 0 Å². The van der Waals surface area contributed by atoms with Crippen LogP contribution in [0.25, 0.3) is 0 Å². The van der Waals surface area contributed by atoms with Crippen molar-refractivity contribution in [1.29, 1.82) is 0 Å². The first kappa shape index (κ1) is 13.5. The topological polar surface area (TPSA) is 61.5 Å². The molecule has 4 heteroatoms. The maximum absolute atomic E-state index is 12.5. The van der Waals surface area contributed by atoms with Gasteiger partial charge in [0.1, 0.15) is 11.5 Å². The summed E-state index contributed by atoms with van der Waals surface area (Å²) in [6.07, 6.45) is 2.58. The highest BCUT2D eigenvalue weighted by Gasteiger charge is 2.23. The fourth-order valence-corrected chi connectivity index (χ4v) is 2.09. The summed E-state index contributed by atoms with van der Waals surface area (Å²) in [5.41, 5.74) is 7.40. The average molecular weight is 283 g/mol. The van der Waals surface area contributed by atoms with E-state index in [4.69, 9.17) is 15.2 Å². The lowest BCUT2D eigenvalue weighted by atomic mass is 10.0. The van der Waals surface area contributed by atoms with Crippen LogP contribution in [0.3, 0.4) is 0 Å². The van der Waals surface area contributed by atoms with E-state index < -0.39 is 0 Å². The first-order valence-corrected chi connectivity index (χ1v) is 6.92. The van der Waals surface area contributed by atoms with Crippen LogP contribution in [0.2, 0.25) is 0 Å². The standard InChI is InChI=1S/C17H17NO3/c1-20-14-8-9-15(16(18)10-14)17(19)11-2-4-12(5-3-11)21-13-6-7-13/h2-5,8-10,13H,6-7,18H2,1H3. The van der Waals surface area contributed by atoms with E-state index in [9.17, 15) is 4.79 Å². The van der Waals surface area contributed by atoms with Gasteiger partial charge in [-0.3, -0.25) is 4.79 Å². The Labute approximate surface area is 123 Å². The maximum Gasteiger partial charge on any atom is 0.195 e. The molecule has 0 saturated heterocycles. The summed E-state index contributed by atoms with van der Waals surface area (Å²) >= 11 is 0. The number of carbonyl (C=O) groups is 1.